The van der Waals surface area contributed by atoms with Crippen molar-refractivity contribution in [3.63, 3.8) is 0 Å². The molecule has 2 fully saturated rings. The first-order chi connectivity index (χ1) is 9.92. The summed E-state index contributed by atoms with van der Waals surface area (Å²) >= 11 is 0. The normalized spacial score (nSPS) is 21.5. The van der Waals surface area contributed by atoms with Crippen molar-refractivity contribution in [3.05, 3.63) is 30.3 Å². The lowest BCUT2D eigenvalue weighted by atomic mass is 10.2. The molecule has 2 saturated heterocycles. The third kappa shape index (κ3) is 3.74. The zero-order valence-electron chi connectivity index (χ0n) is 12.5. The largest absolute Gasteiger partial charge is 0.369 e. The van der Waals surface area contributed by atoms with Gasteiger partial charge >= 0.3 is 0 Å². The van der Waals surface area contributed by atoms with Gasteiger partial charge in [0.05, 0.1) is 0 Å². The van der Waals surface area contributed by atoms with Crippen molar-refractivity contribution in [2.24, 2.45) is 0 Å². The molecule has 2 aliphatic heterocycles. The van der Waals surface area contributed by atoms with Gasteiger partial charge in [0.2, 0.25) is 0 Å². The van der Waals surface area contributed by atoms with Crippen molar-refractivity contribution in [1.29, 1.82) is 0 Å². The molecule has 110 valence electrons. The van der Waals surface area contributed by atoms with Gasteiger partial charge in [-0.05, 0) is 57.6 Å². The summed E-state index contributed by atoms with van der Waals surface area (Å²) in [6.45, 7) is 10.0. The highest BCUT2D eigenvalue weighted by Crippen LogP contribution is 2.15. The zero-order chi connectivity index (χ0) is 13.6. The second-order valence-electron chi connectivity index (χ2n) is 6.07. The fraction of sp³-hybridized carbons (Fsp3) is 0.647. The number of hydrogen-bond donors (Lipinski definition) is 0. The highest BCUT2D eigenvalue weighted by atomic mass is 15.3. The predicted octanol–water partition coefficient (Wildman–Crippen LogP) is 2.29. The molecule has 0 bridgehead atoms. The summed E-state index contributed by atoms with van der Waals surface area (Å²) in [5, 5.41) is 0. The molecule has 0 radical (unpaired) electrons. The fourth-order valence-corrected chi connectivity index (χ4v) is 3.39. The molecule has 0 atom stereocenters. The van der Waals surface area contributed by atoms with Crippen LogP contribution in [0, 0.1) is 0 Å². The van der Waals surface area contributed by atoms with Crippen LogP contribution in [0.5, 0.6) is 0 Å². The lowest BCUT2D eigenvalue weighted by molar-refractivity contribution is 0.234. The van der Waals surface area contributed by atoms with Gasteiger partial charge in [-0.1, -0.05) is 18.2 Å². The number of likely N-dealkylation sites (tertiary alicyclic amines) is 1. The maximum Gasteiger partial charge on any atom is 0.0367 e. The number of benzene rings is 1. The summed E-state index contributed by atoms with van der Waals surface area (Å²) < 4.78 is 0. The molecule has 3 nitrogen and oxygen atoms in total. The molecule has 0 spiro atoms. The van der Waals surface area contributed by atoms with Crippen molar-refractivity contribution in [2.45, 2.75) is 19.3 Å². The van der Waals surface area contributed by atoms with Crippen LogP contribution < -0.4 is 4.90 Å². The van der Waals surface area contributed by atoms with Crippen LogP contribution in [-0.2, 0) is 0 Å². The molecule has 1 aromatic carbocycles. The van der Waals surface area contributed by atoms with Gasteiger partial charge in [0, 0.05) is 31.9 Å². The molecule has 2 heterocycles. The number of piperazine rings is 1. The van der Waals surface area contributed by atoms with Crippen LogP contribution in [0.1, 0.15) is 19.3 Å². The molecule has 0 saturated carbocycles. The maximum absolute atomic E-state index is 2.63. The van der Waals surface area contributed by atoms with Crippen molar-refractivity contribution in [2.75, 3.05) is 57.3 Å². The molecular formula is C17H27N3. The Bertz CT molecular complexity index is 378. The van der Waals surface area contributed by atoms with E-state index in [1.54, 1.807) is 0 Å². The van der Waals surface area contributed by atoms with Gasteiger partial charge in [-0.25, -0.2) is 0 Å². The Hall–Kier alpha value is -1.06. The van der Waals surface area contributed by atoms with Crippen molar-refractivity contribution in [3.8, 4) is 0 Å². The molecule has 0 N–H and O–H groups in total. The number of hydrogen-bond acceptors (Lipinski definition) is 3. The smallest absolute Gasteiger partial charge is 0.0367 e. The molecule has 3 rings (SSSR count). The van der Waals surface area contributed by atoms with Crippen LogP contribution in [0.3, 0.4) is 0 Å². The van der Waals surface area contributed by atoms with Gasteiger partial charge in [0.25, 0.3) is 0 Å². The minimum Gasteiger partial charge on any atom is -0.369 e. The van der Waals surface area contributed by atoms with E-state index in [-0.39, 0.29) is 0 Å². The standard InChI is InChI=1S/C17H27N3/c1-2-7-17(8-3-1)20-15-13-19(14-16-20)12-6-11-18-9-4-5-10-18/h1-3,7-8H,4-6,9-16H2. The van der Waals surface area contributed by atoms with E-state index >= 15 is 0 Å². The Morgan fingerprint density at radius 3 is 1.95 bits per heavy atom. The van der Waals surface area contributed by atoms with Crippen LogP contribution in [0.4, 0.5) is 5.69 Å². The number of rotatable bonds is 5. The second kappa shape index (κ2) is 7.09. The lowest BCUT2D eigenvalue weighted by Gasteiger charge is -2.36. The summed E-state index contributed by atoms with van der Waals surface area (Å²) in [6, 6.07) is 10.8. The number of para-hydroxylation sites is 1. The molecular weight excluding hydrogens is 246 g/mol. The molecule has 3 heteroatoms. The zero-order valence-corrected chi connectivity index (χ0v) is 12.5. The Balaban J connectivity index is 1.36. The van der Waals surface area contributed by atoms with E-state index in [0.717, 1.165) is 0 Å². The van der Waals surface area contributed by atoms with E-state index in [9.17, 15) is 0 Å². The predicted molar refractivity (Wildman–Crippen MR) is 85.4 cm³/mol. The average Bonchev–Trinajstić information content (AvgIpc) is 3.02. The Kier molecular flexibility index (Phi) is 4.93. The van der Waals surface area contributed by atoms with Crippen LogP contribution >= 0.6 is 0 Å². The first kappa shape index (κ1) is 13.9. The second-order valence-corrected chi connectivity index (χ2v) is 6.07. The first-order valence-corrected chi connectivity index (χ1v) is 8.16. The molecule has 2 aliphatic rings. The van der Waals surface area contributed by atoms with Crippen molar-refractivity contribution in [1.82, 2.24) is 9.80 Å². The van der Waals surface area contributed by atoms with Crippen molar-refractivity contribution >= 4 is 5.69 Å². The molecule has 0 unspecified atom stereocenters. The van der Waals surface area contributed by atoms with E-state index in [1.807, 2.05) is 0 Å². The van der Waals surface area contributed by atoms with Crippen LogP contribution in [0.15, 0.2) is 30.3 Å². The highest BCUT2D eigenvalue weighted by molar-refractivity contribution is 5.46. The van der Waals surface area contributed by atoms with Crippen LogP contribution in [0.25, 0.3) is 0 Å². The van der Waals surface area contributed by atoms with Gasteiger partial charge in [-0.15, -0.1) is 0 Å². The maximum atomic E-state index is 2.63. The Morgan fingerprint density at radius 2 is 1.30 bits per heavy atom. The first-order valence-electron chi connectivity index (χ1n) is 8.16. The summed E-state index contributed by atoms with van der Waals surface area (Å²) in [5.41, 5.74) is 1.38. The SMILES string of the molecule is c1ccc(N2CCN(CCCN3CCCC3)CC2)cc1. The fourth-order valence-electron chi connectivity index (χ4n) is 3.39. The van der Waals surface area contributed by atoms with E-state index in [1.165, 1.54) is 77.3 Å². The molecule has 0 aromatic heterocycles. The monoisotopic (exact) mass is 273 g/mol. The summed E-state index contributed by atoms with van der Waals surface area (Å²) in [7, 11) is 0. The third-order valence-corrected chi connectivity index (χ3v) is 4.64. The van der Waals surface area contributed by atoms with E-state index in [4.69, 9.17) is 0 Å². The van der Waals surface area contributed by atoms with E-state index in [0.29, 0.717) is 0 Å². The summed E-state index contributed by atoms with van der Waals surface area (Å²) in [4.78, 5) is 7.77. The van der Waals surface area contributed by atoms with Gasteiger partial charge in [0.15, 0.2) is 0 Å². The van der Waals surface area contributed by atoms with Gasteiger partial charge < -0.3 is 9.80 Å². The number of nitrogens with zero attached hydrogens (tertiary/aromatic N) is 3. The van der Waals surface area contributed by atoms with Gasteiger partial charge in [-0.2, -0.15) is 0 Å². The third-order valence-electron chi connectivity index (χ3n) is 4.64. The van der Waals surface area contributed by atoms with Crippen LogP contribution in [-0.4, -0.2) is 62.2 Å². The minimum absolute atomic E-state index is 1.17. The van der Waals surface area contributed by atoms with E-state index in [2.05, 4.69) is 45.0 Å². The number of anilines is 1. The minimum atomic E-state index is 1.17. The molecule has 20 heavy (non-hydrogen) atoms. The van der Waals surface area contributed by atoms with Crippen LogP contribution in [0.2, 0.25) is 0 Å². The Morgan fingerprint density at radius 1 is 0.700 bits per heavy atom. The van der Waals surface area contributed by atoms with Gasteiger partial charge in [0.1, 0.15) is 0 Å². The summed E-state index contributed by atoms with van der Waals surface area (Å²) in [6.07, 6.45) is 4.16. The Labute approximate surface area is 123 Å². The summed E-state index contributed by atoms with van der Waals surface area (Å²) in [5.74, 6) is 0. The lowest BCUT2D eigenvalue weighted by Crippen LogP contribution is -2.47. The highest BCUT2D eigenvalue weighted by Gasteiger charge is 2.17. The molecule has 1 aromatic rings. The topological polar surface area (TPSA) is 9.72 Å². The molecule has 0 amide bonds. The van der Waals surface area contributed by atoms with E-state index < -0.39 is 0 Å². The quantitative estimate of drug-likeness (QED) is 0.815. The molecule has 0 aliphatic carbocycles. The average molecular weight is 273 g/mol. The van der Waals surface area contributed by atoms with Crippen molar-refractivity contribution < 1.29 is 0 Å². The van der Waals surface area contributed by atoms with Gasteiger partial charge in [-0.3, -0.25) is 4.90 Å².